The van der Waals surface area contributed by atoms with Crippen LogP contribution in [0.25, 0.3) is 0 Å². The topological polar surface area (TPSA) is 9.23 Å². The van der Waals surface area contributed by atoms with Crippen LogP contribution in [0.3, 0.4) is 0 Å². The van der Waals surface area contributed by atoms with Gasteiger partial charge in [-0.15, -0.1) is 0 Å². The van der Waals surface area contributed by atoms with E-state index in [1.165, 1.54) is 125 Å². The molecule has 0 radical (unpaired) electrons. The van der Waals surface area contributed by atoms with Crippen LogP contribution < -0.4 is 15.6 Å². The molecule has 3 aromatic rings. The lowest BCUT2D eigenvalue weighted by molar-refractivity contribution is 0.0505. The molecule has 3 aromatic carbocycles. The Morgan fingerprint density at radius 3 is 1.37 bits per heavy atom. The minimum atomic E-state index is -2.78. The largest absolute Gasteiger partial charge is 0.404 e. The highest BCUT2D eigenvalue weighted by atomic mass is 28.4. The smallest absolute Gasteiger partial charge is 0.288 e. The van der Waals surface area contributed by atoms with Crippen LogP contribution in [0.2, 0.25) is 0 Å². The summed E-state index contributed by atoms with van der Waals surface area (Å²) in [6, 6.07) is 33.9. The third-order valence-corrected chi connectivity index (χ3v) is 18.7. The highest BCUT2D eigenvalue weighted by Crippen LogP contribution is 2.62. The van der Waals surface area contributed by atoms with Gasteiger partial charge in [-0.2, -0.15) is 0 Å². The van der Waals surface area contributed by atoms with E-state index in [0.29, 0.717) is 11.8 Å². The Hall–Kier alpha value is -3.20. The first-order valence-corrected chi connectivity index (χ1v) is 22.8. The molecule has 1 nitrogen and oxygen atoms in total. The van der Waals surface area contributed by atoms with Gasteiger partial charge in [-0.3, -0.25) is 0 Å². The van der Waals surface area contributed by atoms with E-state index in [-0.39, 0.29) is 5.41 Å². The molecule has 51 heavy (non-hydrogen) atoms. The Labute approximate surface area is 309 Å². The molecule has 2 heteroatoms. The lowest BCUT2D eigenvalue weighted by Crippen LogP contribution is -2.69. The van der Waals surface area contributed by atoms with E-state index >= 15 is 0 Å². The van der Waals surface area contributed by atoms with Crippen LogP contribution in [0.15, 0.2) is 136 Å². The summed E-state index contributed by atoms with van der Waals surface area (Å²) in [5.74, 6) is 1.35. The predicted octanol–water partition coefficient (Wildman–Crippen LogP) is 11.2. The molecule has 0 bridgehead atoms. The summed E-state index contributed by atoms with van der Waals surface area (Å²) < 4.78 is 7.82. The summed E-state index contributed by atoms with van der Waals surface area (Å²) in [5, 5.41) is 4.07. The zero-order chi connectivity index (χ0) is 34.3. The zero-order valence-corrected chi connectivity index (χ0v) is 32.2. The molecular formula is C49H58OSi. The van der Waals surface area contributed by atoms with E-state index in [2.05, 4.69) is 97.9 Å². The fraction of sp³-hybridized carbons (Fsp3) is 0.469. The lowest BCUT2D eigenvalue weighted by Gasteiger charge is -2.51. The van der Waals surface area contributed by atoms with Crippen molar-refractivity contribution in [1.82, 2.24) is 0 Å². The molecule has 0 saturated heterocycles. The standard InChI is InChI=1S/C49H58OSi/c1-2-49(47-30-16-28-43-41-26-14-12-18-36(41)34-45(43)47,48-31-17-29-44-42-27-15-13-19-37(42)35-46(44)48)32-33-50-51(38-20-6-3-7-21-38,39-22-8-4-9-23-39)40-24-10-5-11-25-40/h3-11,20-25,47-48H,2,12-19,26-35H2,1H3. The highest BCUT2D eigenvalue weighted by Gasteiger charge is 2.52. The molecule has 6 aliphatic rings. The number of allylic oxidation sites excluding steroid dienone is 8. The van der Waals surface area contributed by atoms with Crippen molar-refractivity contribution in [2.45, 2.75) is 122 Å². The molecule has 2 unspecified atom stereocenters. The Morgan fingerprint density at radius 2 is 0.941 bits per heavy atom. The van der Waals surface area contributed by atoms with E-state index in [1.807, 2.05) is 44.6 Å². The predicted molar refractivity (Wildman–Crippen MR) is 216 cm³/mol. The average molecular weight is 691 g/mol. The van der Waals surface area contributed by atoms with E-state index in [0.717, 1.165) is 13.0 Å². The van der Waals surface area contributed by atoms with Crippen LogP contribution in [0, 0.1) is 17.3 Å². The fourth-order valence-corrected chi connectivity index (χ4v) is 16.3. The molecule has 0 spiro atoms. The van der Waals surface area contributed by atoms with Gasteiger partial charge in [0.15, 0.2) is 0 Å². The third-order valence-electron chi connectivity index (χ3n) is 14.6. The van der Waals surface area contributed by atoms with Crippen LogP contribution >= 0.6 is 0 Å². The van der Waals surface area contributed by atoms with Crippen LogP contribution in [0.5, 0.6) is 0 Å². The monoisotopic (exact) mass is 690 g/mol. The minimum absolute atomic E-state index is 0.232. The van der Waals surface area contributed by atoms with Crippen molar-refractivity contribution in [3.05, 3.63) is 136 Å². The van der Waals surface area contributed by atoms with Crippen molar-refractivity contribution in [3.63, 3.8) is 0 Å². The summed E-state index contributed by atoms with van der Waals surface area (Å²) in [7, 11) is -2.78. The third kappa shape index (κ3) is 5.75. The van der Waals surface area contributed by atoms with E-state index in [9.17, 15) is 0 Å². The number of rotatable bonds is 10. The molecule has 9 rings (SSSR count). The second-order valence-electron chi connectivity index (χ2n) is 16.8. The second kappa shape index (κ2) is 14.3. The normalized spacial score (nSPS) is 24.6. The van der Waals surface area contributed by atoms with Gasteiger partial charge in [-0.1, -0.05) is 120 Å². The van der Waals surface area contributed by atoms with Crippen LogP contribution in [0.1, 0.15) is 122 Å². The van der Waals surface area contributed by atoms with Crippen molar-refractivity contribution >= 4 is 23.9 Å². The first kappa shape index (κ1) is 33.6. The quantitative estimate of drug-likeness (QED) is 0.152. The van der Waals surface area contributed by atoms with E-state index < -0.39 is 8.32 Å². The zero-order valence-electron chi connectivity index (χ0n) is 31.2. The van der Waals surface area contributed by atoms with Crippen LogP contribution in [0.4, 0.5) is 0 Å². The average Bonchev–Trinajstić information content (AvgIpc) is 3.78. The summed E-state index contributed by atoms with van der Waals surface area (Å²) in [4.78, 5) is 0. The second-order valence-corrected chi connectivity index (χ2v) is 20.2. The fourth-order valence-electron chi connectivity index (χ4n) is 12.4. The Bertz CT molecular complexity index is 1690. The molecule has 0 heterocycles. The van der Waals surface area contributed by atoms with E-state index in [1.54, 1.807) is 0 Å². The molecule has 0 aromatic heterocycles. The van der Waals surface area contributed by atoms with Crippen molar-refractivity contribution in [2.75, 3.05) is 6.61 Å². The molecule has 0 saturated carbocycles. The molecule has 0 aliphatic heterocycles. The Balaban J connectivity index is 1.14. The molecule has 0 amide bonds. The Morgan fingerprint density at radius 1 is 0.529 bits per heavy atom. The molecule has 264 valence electrons. The van der Waals surface area contributed by atoms with Crippen LogP contribution in [-0.4, -0.2) is 14.9 Å². The van der Waals surface area contributed by atoms with Gasteiger partial charge >= 0.3 is 0 Å². The first-order valence-electron chi connectivity index (χ1n) is 20.9. The minimum Gasteiger partial charge on any atom is -0.404 e. The summed E-state index contributed by atoms with van der Waals surface area (Å²) >= 11 is 0. The summed E-state index contributed by atoms with van der Waals surface area (Å²) in [5.41, 5.74) is 15.0. The van der Waals surface area contributed by atoms with Crippen molar-refractivity contribution in [2.24, 2.45) is 17.3 Å². The van der Waals surface area contributed by atoms with Gasteiger partial charge in [-0.25, -0.2) is 0 Å². The maximum Gasteiger partial charge on any atom is 0.288 e. The van der Waals surface area contributed by atoms with Gasteiger partial charge in [0.05, 0.1) is 0 Å². The maximum absolute atomic E-state index is 7.82. The summed E-state index contributed by atoms with van der Waals surface area (Å²) in [6.07, 6.45) is 24.1. The SMILES string of the molecule is CCC(CCO[Si](c1ccccc1)(c1ccccc1)c1ccccc1)(C1CCCC2=C1CC1=C2CCCC1)C1CCCC2=C1CC1=C2CCCC1. The van der Waals surface area contributed by atoms with Gasteiger partial charge in [0.2, 0.25) is 0 Å². The Kier molecular flexibility index (Phi) is 9.44. The van der Waals surface area contributed by atoms with Crippen LogP contribution in [-0.2, 0) is 4.43 Å². The van der Waals surface area contributed by atoms with Gasteiger partial charge in [-0.05, 0) is 171 Å². The molecule has 0 fully saturated rings. The number of hydrogen-bond donors (Lipinski definition) is 0. The van der Waals surface area contributed by atoms with Gasteiger partial charge < -0.3 is 4.43 Å². The van der Waals surface area contributed by atoms with Gasteiger partial charge in [0.25, 0.3) is 8.32 Å². The maximum atomic E-state index is 7.82. The number of fused-ring (bicyclic) bond motifs is 2. The molecule has 2 atom stereocenters. The van der Waals surface area contributed by atoms with Gasteiger partial charge in [0, 0.05) is 6.61 Å². The van der Waals surface area contributed by atoms with Crippen molar-refractivity contribution < 1.29 is 4.43 Å². The van der Waals surface area contributed by atoms with Crippen molar-refractivity contribution in [3.8, 4) is 0 Å². The number of benzene rings is 3. The summed E-state index contributed by atoms with van der Waals surface area (Å²) in [6.45, 7) is 3.40. The first-order chi connectivity index (χ1) is 25.2. The molecule has 6 aliphatic carbocycles. The number of hydrogen-bond acceptors (Lipinski definition) is 1. The van der Waals surface area contributed by atoms with Crippen molar-refractivity contribution in [1.29, 1.82) is 0 Å². The van der Waals surface area contributed by atoms with Gasteiger partial charge in [0.1, 0.15) is 0 Å². The highest BCUT2D eigenvalue weighted by molar-refractivity contribution is 7.07. The molecule has 0 N–H and O–H groups in total. The molecular weight excluding hydrogens is 633 g/mol. The van der Waals surface area contributed by atoms with E-state index in [4.69, 9.17) is 4.43 Å². The lowest BCUT2D eigenvalue weighted by atomic mass is 9.54.